The minimum atomic E-state index is -3.72. The van der Waals surface area contributed by atoms with Crippen molar-refractivity contribution in [3.05, 3.63) is 62.8 Å². The summed E-state index contributed by atoms with van der Waals surface area (Å²) in [5.41, 5.74) is 2.82. The third kappa shape index (κ3) is 3.14. The van der Waals surface area contributed by atoms with Crippen molar-refractivity contribution in [1.29, 1.82) is 0 Å². The summed E-state index contributed by atoms with van der Waals surface area (Å²) in [4.78, 5) is 0.276. The number of hydrogen-bond donors (Lipinski definition) is 0. The standard InChI is InChI=1S/C15H15ClNO2S/c1-10-8-11(2)15(12(3)9-10)20(18,19)17-14-6-4-13(16)5-7-14/h4-9H,1-3H3/q-1. The number of aryl methyl sites for hydroxylation is 3. The lowest BCUT2D eigenvalue weighted by molar-refractivity contribution is 0.602. The number of sulfonamides is 1. The van der Waals surface area contributed by atoms with E-state index in [0.29, 0.717) is 21.8 Å². The summed E-state index contributed by atoms with van der Waals surface area (Å²) >= 11 is 5.78. The molecular formula is C15H15ClNO2S-. The van der Waals surface area contributed by atoms with E-state index < -0.39 is 10.0 Å². The lowest BCUT2D eigenvalue weighted by atomic mass is 10.1. The van der Waals surface area contributed by atoms with E-state index in [1.807, 2.05) is 19.1 Å². The average Bonchev–Trinajstić information content (AvgIpc) is 2.30. The van der Waals surface area contributed by atoms with Crippen molar-refractivity contribution in [2.45, 2.75) is 25.7 Å². The van der Waals surface area contributed by atoms with Gasteiger partial charge in [0.25, 0.3) is 0 Å². The number of nitrogens with zero attached hydrogens (tertiary/aromatic N) is 1. The Bertz CT molecular complexity index is 714. The number of benzene rings is 2. The van der Waals surface area contributed by atoms with Crippen LogP contribution in [0.2, 0.25) is 5.02 Å². The van der Waals surface area contributed by atoms with Crippen LogP contribution in [0, 0.1) is 20.8 Å². The third-order valence-electron chi connectivity index (χ3n) is 2.91. The SMILES string of the molecule is Cc1cc(C)c(S(=O)(=O)[N-]c2ccc(Cl)cc2)c(C)c1. The highest BCUT2D eigenvalue weighted by molar-refractivity contribution is 7.94. The molecule has 0 unspecified atom stereocenters. The van der Waals surface area contributed by atoms with E-state index in [1.165, 1.54) is 0 Å². The van der Waals surface area contributed by atoms with Gasteiger partial charge in [0.1, 0.15) is 10.0 Å². The van der Waals surface area contributed by atoms with E-state index in [-0.39, 0.29) is 4.90 Å². The maximum Gasteiger partial charge on any atom is 0.123 e. The van der Waals surface area contributed by atoms with Crippen LogP contribution in [0.25, 0.3) is 4.72 Å². The maximum absolute atomic E-state index is 12.4. The van der Waals surface area contributed by atoms with Crippen LogP contribution in [0.1, 0.15) is 16.7 Å². The lowest BCUT2D eigenvalue weighted by Gasteiger charge is -2.24. The molecular weight excluding hydrogens is 294 g/mol. The average molecular weight is 309 g/mol. The summed E-state index contributed by atoms with van der Waals surface area (Å²) in [6.07, 6.45) is 0. The second-order valence-electron chi connectivity index (χ2n) is 4.77. The Hall–Kier alpha value is -1.52. The molecule has 0 N–H and O–H groups in total. The molecule has 2 rings (SSSR count). The molecule has 20 heavy (non-hydrogen) atoms. The number of halogens is 1. The third-order valence-corrected chi connectivity index (χ3v) is 4.78. The van der Waals surface area contributed by atoms with E-state index in [9.17, 15) is 8.42 Å². The van der Waals surface area contributed by atoms with Gasteiger partial charge in [-0.05, 0) is 44.0 Å². The van der Waals surface area contributed by atoms with Gasteiger partial charge in [-0.1, -0.05) is 41.4 Å². The molecule has 106 valence electrons. The molecule has 0 aliphatic carbocycles. The summed E-state index contributed by atoms with van der Waals surface area (Å²) in [6.45, 7) is 5.50. The van der Waals surface area contributed by atoms with Gasteiger partial charge >= 0.3 is 0 Å². The number of hydrogen-bond acceptors (Lipinski definition) is 2. The molecule has 0 radical (unpaired) electrons. The molecule has 0 aromatic heterocycles. The summed E-state index contributed by atoms with van der Waals surface area (Å²) in [5, 5.41) is 0.545. The first-order valence-corrected chi connectivity index (χ1v) is 7.93. The Balaban J connectivity index is 2.43. The topological polar surface area (TPSA) is 48.2 Å². The first kappa shape index (κ1) is 14.9. The van der Waals surface area contributed by atoms with Crippen LogP contribution in [0.3, 0.4) is 0 Å². The molecule has 2 aromatic rings. The van der Waals surface area contributed by atoms with Crippen molar-refractivity contribution in [2.24, 2.45) is 0 Å². The van der Waals surface area contributed by atoms with Crippen LogP contribution in [-0.2, 0) is 10.0 Å². The first-order valence-electron chi connectivity index (χ1n) is 6.11. The van der Waals surface area contributed by atoms with Gasteiger partial charge in [-0.2, -0.15) is 0 Å². The zero-order chi connectivity index (χ0) is 14.9. The van der Waals surface area contributed by atoms with Crippen molar-refractivity contribution < 1.29 is 8.42 Å². The van der Waals surface area contributed by atoms with Crippen LogP contribution in [-0.4, -0.2) is 8.42 Å². The summed E-state index contributed by atoms with van der Waals surface area (Å²) in [5.74, 6) is 0. The van der Waals surface area contributed by atoms with Crippen LogP contribution in [0.5, 0.6) is 0 Å². The Morgan fingerprint density at radius 1 is 0.950 bits per heavy atom. The van der Waals surface area contributed by atoms with Crippen LogP contribution >= 0.6 is 11.6 Å². The summed E-state index contributed by atoms with van der Waals surface area (Å²) in [6, 6.07) is 10.1. The quantitative estimate of drug-likeness (QED) is 0.828. The molecule has 0 saturated heterocycles. The minimum Gasteiger partial charge on any atom is -0.573 e. The molecule has 0 atom stereocenters. The van der Waals surface area contributed by atoms with Gasteiger partial charge in [-0.25, -0.2) is 8.42 Å². The Morgan fingerprint density at radius 2 is 1.45 bits per heavy atom. The second-order valence-corrected chi connectivity index (χ2v) is 6.75. The van der Waals surface area contributed by atoms with Crippen molar-refractivity contribution in [3.8, 4) is 0 Å². The van der Waals surface area contributed by atoms with Gasteiger partial charge in [0, 0.05) is 5.02 Å². The van der Waals surface area contributed by atoms with E-state index in [1.54, 1.807) is 38.1 Å². The molecule has 0 amide bonds. The Morgan fingerprint density at radius 3 is 1.95 bits per heavy atom. The van der Waals surface area contributed by atoms with Gasteiger partial charge in [-0.3, -0.25) is 0 Å². The van der Waals surface area contributed by atoms with Gasteiger partial charge in [0.05, 0.1) is 4.90 Å². The molecule has 0 aliphatic heterocycles. The summed E-state index contributed by atoms with van der Waals surface area (Å²) in [7, 11) is -3.72. The van der Waals surface area contributed by atoms with Gasteiger partial charge in [0.2, 0.25) is 0 Å². The molecule has 0 fully saturated rings. The van der Waals surface area contributed by atoms with Crippen molar-refractivity contribution in [3.63, 3.8) is 0 Å². The highest BCUT2D eigenvalue weighted by Crippen LogP contribution is 2.32. The summed E-state index contributed by atoms with van der Waals surface area (Å²) < 4.78 is 28.7. The van der Waals surface area contributed by atoms with E-state index in [2.05, 4.69) is 4.72 Å². The van der Waals surface area contributed by atoms with Crippen molar-refractivity contribution in [1.82, 2.24) is 0 Å². The van der Waals surface area contributed by atoms with Gasteiger partial charge < -0.3 is 4.72 Å². The highest BCUT2D eigenvalue weighted by atomic mass is 35.5. The fourth-order valence-corrected chi connectivity index (χ4v) is 3.81. The minimum absolute atomic E-state index is 0.276. The highest BCUT2D eigenvalue weighted by Gasteiger charge is 2.12. The molecule has 3 nitrogen and oxygen atoms in total. The van der Waals surface area contributed by atoms with Crippen molar-refractivity contribution in [2.75, 3.05) is 0 Å². The molecule has 2 aromatic carbocycles. The predicted octanol–water partition coefficient (Wildman–Crippen LogP) is 4.66. The normalized spacial score (nSPS) is 11.4. The van der Waals surface area contributed by atoms with Crippen LogP contribution in [0.15, 0.2) is 41.3 Å². The first-order chi connectivity index (χ1) is 9.29. The van der Waals surface area contributed by atoms with Crippen LogP contribution < -0.4 is 0 Å². The molecule has 5 heteroatoms. The fourth-order valence-electron chi connectivity index (χ4n) is 2.26. The van der Waals surface area contributed by atoms with Crippen molar-refractivity contribution >= 4 is 27.3 Å². The molecule has 0 saturated carbocycles. The molecule has 0 spiro atoms. The Labute approximate surface area is 124 Å². The largest absolute Gasteiger partial charge is 0.573 e. The number of rotatable bonds is 3. The van der Waals surface area contributed by atoms with E-state index >= 15 is 0 Å². The Kier molecular flexibility index (Phi) is 4.06. The predicted molar refractivity (Wildman–Crippen MR) is 82.3 cm³/mol. The lowest BCUT2D eigenvalue weighted by Crippen LogP contribution is -2.04. The monoisotopic (exact) mass is 308 g/mol. The zero-order valence-electron chi connectivity index (χ0n) is 11.5. The second kappa shape index (κ2) is 5.46. The zero-order valence-corrected chi connectivity index (χ0v) is 13.1. The van der Waals surface area contributed by atoms with E-state index in [0.717, 1.165) is 5.56 Å². The fraction of sp³-hybridized carbons (Fsp3) is 0.200. The molecule has 0 heterocycles. The van der Waals surface area contributed by atoms with Gasteiger partial charge in [-0.15, -0.1) is 5.69 Å². The van der Waals surface area contributed by atoms with Crippen LogP contribution in [0.4, 0.5) is 5.69 Å². The van der Waals surface area contributed by atoms with Gasteiger partial charge in [0.15, 0.2) is 0 Å². The molecule has 0 aliphatic rings. The van der Waals surface area contributed by atoms with E-state index in [4.69, 9.17) is 11.6 Å². The maximum atomic E-state index is 12.4. The molecule has 0 bridgehead atoms. The smallest absolute Gasteiger partial charge is 0.123 e.